The molecular formula is C21H35O16P3. The van der Waals surface area contributed by atoms with E-state index in [9.17, 15) is 24.0 Å². The summed E-state index contributed by atoms with van der Waals surface area (Å²) in [6.45, 7) is 3.72. The Labute approximate surface area is 232 Å². The number of phosphoric acid groups is 2. The second-order valence-corrected chi connectivity index (χ2v) is 14.3. The van der Waals surface area contributed by atoms with Gasteiger partial charge in [0.05, 0.1) is 58.0 Å². The number of fused-ring (bicyclic) bond motifs is 6. The van der Waals surface area contributed by atoms with Crippen LogP contribution in [-0.2, 0) is 60.2 Å². The molecule has 0 spiro atoms. The molecule has 0 saturated carbocycles. The summed E-state index contributed by atoms with van der Waals surface area (Å²) in [4.78, 5) is 21.2. The van der Waals surface area contributed by atoms with Gasteiger partial charge in [-0.1, -0.05) is 0 Å². The molecule has 15 atom stereocenters. The molecule has 6 bridgehead atoms. The average molecular weight is 636 g/mol. The first-order chi connectivity index (χ1) is 18.8. The second kappa shape index (κ2) is 10.5. The molecule has 0 aromatic heterocycles. The van der Waals surface area contributed by atoms with Crippen LogP contribution in [0.5, 0.6) is 0 Å². The maximum Gasteiger partial charge on any atom is 0.472 e. The van der Waals surface area contributed by atoms with Gasteiger partial charge in [-0.15, -0.1) is 0 Å². The van der Waals surface area contributed by atoms with E-state index in [0.717, 1.165) is 0 Å². The molecule has 6 aliphatic rings. The minimum Gasteiger partial charge on any atom is -0.393 e. The molecule has 6 heterocycles. The minimum absolute atomic E-state index is 0.00700. The fraction of sp³-hybridized carbons (Fsp3) is 1.00. The summed E-state index contributed by atoms with van der Waals surface area (Å²) in [5.41, 5.74) is -3.90. The summed E-state index contributed by atoms with van der Waals surface area (Å²) in [5, 5.41) is 9.84. The Kier molecular flexibility index (Phi) is 7.94. The number of hydrogen-bond donors (Lipinski definition) is 3. The lowest BCUT2D eigenvalue weighted by Crippen LogP contribution is -2.47. The highest BCUT2D eigenvalue weighted by atomic mass is 31.2. The predicted octanol–water partition coefficient (Wildman–Crippen LogP) is -0.173. The molecule has 6 fully saturated rings. The number of aliphatic hydroxyl groups is 1. The van der Waals surface area contributed by atoms with Gasteiger partial charge in [0.1, 0.15) is 53.4 Å². The average Bonchev–Trinajstić information content (AvgIpc) is 3.69. The van der Waals surface area contributed by atoms with E-state index in [2.05, 4.69) is 9.47 Å². The van der Waals surface area contributed by atoms with Crippen LogP contribution >= 0.6 is 25.1 Å². The third-order valence-electron chi connectivity index (χ3n) is 8.51. The molecule has 6 rings (SSSR count). The van der Waals surface area contributed by atoms with Crippen molar-refractivity contribution in [1.82, 2.24) is 0 Å². The summed E-state index contributed by atoms with van der Waals surface area (Å²) in [7, 11) is -7.36. The van der Waals surface area contributed by atoms with Gasteiger partial charge in [-0.2, -0.15) is 0 Å². The number of phosphoric ester groups is 2. The lowest BCUT2D eigenvalue weighted by atomic mass is 10.0. The molecule has 19 heteroatoms. The van der Waals surface area contributed by atoms with Crippen molar-refractivity contribution in [1.29, 1.82) is 0 Å². The first-order valence-corrected chi connectivity index (χ1v) is 16.4. The normalized spacial score (nSPS) is 51.9. The van der Waals surface area contributed by atoms with Crippen LogP contribution in [0.25, 0.3) is 0 Å². The standard InChI is InChI=1S/C21H35O16P3/c1-10-13-16(35-38)20(33-10,6-28-13)8-30-40(25,26)37-18-15-12(3)34-21(18,7-29-15)9-31-39(23,24)36-17-14-11(2)32-19(17,4-22)5-27-14/h10-18,22H,4-9,38H2,1-3H3,(H,23,24)(H,25,26)/t10-,11-,12-,13?,14?,15?,16+,17+,18+,19?,20?,21?/m0/s1. The topological polar surface area (TPSA) is 196 Å². The number of rotatable bonds is 12. The van der Waals surface area contributed by atoms with Gasteiger partial charge in [0.25, 0.3) is 0 Å². The van der Waals surface area contributed by atoms with Crippen LogP contribution in [0, 0.1) is 0 Å². The number of ether oxygens (including phenoxy) is 6. The highest BCUT2D eigenvalue weighted by Crippen LogP contribution is 2.57. The summed E-state index contributed by atoms with van der Waals surface area (Å²) in [5.74, 6) is 0. The van der Waals surface area contributed by atoms with Crippen LogP contribution in [0.15, 0.2) is 0 Å². The Bertz CT molecular complexity index is 1080. The van der Waals surface area contributed by atoms with Crippen LogP contribution in [0.2, 0.25) is 0 Å². The zero-order chi connectivity index (χ0) is 28.7. The van der Waals surface area contributed by atoms with Crippen LogP contribution in [0.4, 0.5) is 0 Å². The molecule has 40 heavy (non-hydrogen) atoms. The monoisotopic (exact) mass is 636 g/mol. The number of hydrogen-bond acceptors (Lipinski definition) is 14. The second-order valence-electron chi connectivity index (χ2n) is 11.2. The Hall–Kier alpha value is 0.330. The van der Waals surface area contributed by atoms with Crippen molar-refractivity contribution in [3.63, 3.8) is 0 Å². The SMILES string of the molecule is C[C@@H]1OC2(COP(=O)(O)O[C@@H]3C4OCC3(COP(=O)(O)O[C@@H]3C5OCC3(CO)O[C@H]5C)O[C@H]4C)COC1[C@H]2OP. The van der Waals surface area contributed by atoms with Crippen molar-refractivity contribution >= 4 is 25.1 Å². The fourth-order valence-electron chi connectivity index (χ4n) is 6.61. The van der Waals surface area contributed by atoms with E-state index >= 15 is 0 Å². The minimum atomic E-state index is -4.77. The first kappa shape index (κ1) is 30.4. The van der Waals surface area contributed by atoms with Gasteiger partial charge in [-0.3, -0.25) is 18.1 Å². The molecule has 0 radical (unpaired) electrons. The Morgan fingerprint density at radius 3 is 1.52 bits per heavy atom. The van der Waals surface area contributed by atoms with Crippen molar-refractivity contribution in [2.45, 2.75) is 92.5 Å². The first-order valence-electron chi connectivity index (χ1n) is 12.9. The van der Waals surface area contributed by atoms with Gasteiger partial charge >= 0.3 is 15.6 Å². The van der Waals surface area contributed by atoms with E-state index in [1.54, 1.807) is 20.8 Å². The molecule has 6 saturated heterocycles. The highest BCUT2D eigenvalue weighted by molar-refractivity contribution is 7.47. The van der Waals surface area contributed by atoms with Crippen LogP contribution < -0.4 is 0 Å². The molecule has 16 nitrogen and oxygen atoms in total. The van der Waals surface area contributed by atoms with E-state index in [-0.39, 0.29) is 38.6 Å². The molecule has 6 aliphatic heterocycles. The Morgan fingerprint density at radius 2 is 1.10 bits per heavy atom. The van der Waals surface area contributed by atoms with Crippen molar-refractivity contribution in [2.75, 3.05) is 39.6 Å². The zero-order valence-electron chi connectivity index (χ0n) is 22.1. The lowest BCUT2D eigenvalue weighted by Gasteiger charge is -2.33. The number of aliphatic hydroxyl groups excluding tert-OH is 1. The van der Waals surface area contributed by atoms with Gasteiger partial charge in [-0.05, 0) is 20.8 Å². The van der Waals surface area contributed by atoms with Gasteiger partial charge in [0, 0.05) is 9.47 Å². The van der Waals surface area contributed by atoms with Gasteiger partial charge in [-0.25, -0.2) is 9.13 Å². The highest BCUT2D eigenvalue weighted by Gasteiger charge is 2.66. The van der Waals surface area contributed by atoms with Crippen molar-refractivity contribution < 1.29 is 75.1 Å². The molecule has 0 amide bonds. The van der Waals surface area contributed by atoms with Gasteiger partial charge in [0.15, 0.2) is 0 Å². The molecule has 9 unspecified atom stereocenters. The van der Waals surface area contributed by atoms with Crippen molar-refractivity contribution in [3.05, 3.63) is 0 Å². The van der Waals surface area contributed by atoms with E-state index in [1.807, 2.05) is 0 Å². The van der Waals surface area contributed by atoms with Crippen LogP contribution in [0.1, 0.15) is 20.8 Å². The Morgan fingerprint density at radius 1 is 0.725 bits per heavy atom. The molecule has 3 N–H and O–H groups in total. The van der Waals surface area contributed by atoms with E-state index in [1.165, 1.54) is 0 Å². The fourth-order valence-corrected chi connectivity index (χ4v) is 9.10. The van der Waals surface area contributed by atoms with E-state index in [0.29, 0.717) is 0 Å². The summed E-state index contributed by atoms with van der Waals surface area (Å²) < 4.78 is 87.6. The third-order valence-corrected chi connectivity index (χ3v) is 10.7. The Balaban J connectivity index is 1.11. The van der Waals surface area contributed by atoms with Crippen LogP contribution in [-0.4, -0.2) is 126 Å². The van der Waals surface area contributed by atoms with E-state index in [4.69, 9.17) is 51.0 Å². The molecular weight excluding hydrogens is 601 g/mol. The lowest BCUT2D eigenvalue weighted by molar-refractivity contribution is -0.159. The van der Waals surface area contributed by atoms with Gasteiger partial charge in [0.2, 0.25) is 0 Å². The van der Waals surface area contributed by atoms with E-state index < -0.39 is 88.4 Å². The quantitative estimate of drug-likeness (QED) is 0.239. The zero-order valence-corrected chi connectivity index (χ0v) is 25.0. The van der Waals surface area contributed by atoms with Crippen molar-refractivity contribution in [2.24, 2.45) is 0 Å². The summed E-state index contributed by atoms with van der Waals surface area (Å²) >= 11 is 0. The molecule has 0 aromatic carbocycles. The predicted molar refractivity (Wildman–Crippen MR) is 132 cm³/mol. The van der Waals surface area contributed by atoms with Crippen LogP contribution in [0.3, 0.4) is 0 Å². The molecule has 0 aromatic rings. The molecule has 230 valence electrons. The summed E-state index contributed by atoms with van der Waals surface area (Å²) in [6, 6.07) is 0. The smallest absolute Gasteiger partial charge is 0.393 e. The summed E-state index contributed by atoms with van der Waals surface area (Å²) in [6.07, 6.45) is -5.93. The maximum absolute atomic E-state index is 13.1. The molecule has 0 aliphatic carbocycles. The maximum atomic E-state index is 13.1. The third kappa shape index (κ3) is 4.91. The largest absolute Gasteiger partial charge is 0.472 e. The van der Waals surface area contributed by atoms with Gasteiger partial charge < -0.3 is 47.8 Å². The van der Waals surface area contributed by atoms with Crippen molar-refractivity contribution in [3.8, 4) is 0 Å².